The molecule has 2 N–H and O–H groups in total. The standard InChI is InChI=1S/C14H15F2NO3/c1-8(2)6-7-11(14(19)20)17-13(18)9-4-3-5-10(15)12(9)16/h3-6,11H,7H2,1-2H3,(H,17,18)(H,19,20)/t11-/m1/s1. The van der Waals surface area contributed by atoms with E-state index in [1.54, 1.807) is 19.9 Å². The summed E-state index contributed by atoms with van der Waals surface area (Å²) >= 11 is 0. The molecule has 0 aliphatic heterocycles. The minimum atomic E-state index is -1.30. The normalized spacial score (nSPS) is 11.6. The second kappa shape index (κ2) is 6.79. The lowest BCUT2D eigenvalue weighted by molar-refractivity contribution is -0.139. The lowest BCUT2D eigenvalue weighted by Crippen LogP contribution is -2.40. The first-order chi connectivity index (χ1) is 9.32. The molecule has 1 aromatic rings. The van der Waals surface area contributed by atoms with Gasteiger partial charge < -0.3 is 10.4 Å². The summed E-state index contributed by atoms with van der Waals surface area (Å²) in [6.07, 6.45) is 1.71. The zero-order chi connectivity index (χ0) is 15.3. The second-order valence-corrected chi connectivity index (χ2v) is 4.48. The van der Waals surface area contributed by atoms with E-state index < -0.39 is 35.1 Å². The van der Waals surface area contributed by atoms with E-state index in [2.05, 4.69) is 5.32 Å². The summed E-state index contributed by atoms with van der Waals surface area (Å²) in [6, 6.07) is 1.96. The molecule has 4 nitrogen and oxygen atoms in total. The van der Waals surface area contributed by atoms with Crippen LogP contribution in [0.25, 0.3) is 0 Å². The number of carboxylic acids is 1. The van der Waals surface area contributed by atoms with Crippen LogP contribution in [0.5, 0.6) is 0 Å². The van der Waals surface area contributed by atoms with Crippen molar-refractivity contribution in [3.8, 4) is 0 Å². The van der Waals surface area contributed by atoms with Crippen LogP contribution in [0, 0.1) is 11.6 Å². The zero-order valence-corrected chi connectivity index (χ0v) is 11.1. The molecule has 0 saturated carbocycles. The van der Waals surface area contributed by atoms with E-state index in [0.29, 0.717) is 0 Å². The van der Waals surface area contributed by atoms with E-state index in [4.69, 9.17) is 5.11 Å². The fraction of sp³-hybridized carbons (Fsp3) is 0.286. The van der Waals surface area contributed by atoms with Crippen molar-refractivity contribution in [2.24, 2.45) is 0 Å². The van der Waals surface area contributed by atoms with Gasteiger partial charge in [0, 0.05) is 0 Å². The quantitative estimate of drug-likeness (QED) is 0.816. The fourth-order valence-corrected chi connectivity index (χ4v) is 1.49. The van der Waals surface area contributed by atoms with Crippen LogP contribution in [-0.2, 0) is 4.79 Å². The highest BCUT2D eigenvalue weighted by Crippen LogP contribution is 2.12. The van der Waals surface area contributed by atoms with E-state index >= 15 is 0 Å². The molecule has 0 unspecified atom stereocenters. The van der Waals surface area contributed by atoms with E-state index in [9.17, 15) is 18.4 Å². The van der Waals surface area contributed by atoms with E-state index in [0.717, 1.165) is 17.7 Å². The molecule has 1 amide bonds. The molecule has 6 heteroatoms. The van der Waals surface area contributed by atoms with Crippen molar-refractivity contribution in [1.82, 2.24) is 5.32 Å². The fourth-order valence-electron chi connectivity index (χ4n) is 1.49. The summed E-state index contributed by atoms with van der Waals surface area (Å²) in [6.45, 7) is 3.57. The van der Waals surface area contributed by atoms with Crippen LogP contribution in [0.4, 0.5) is 8.78 Å². The van der Waals surface area contributed by atoms with Crippen molar-refractivity contribution < 1.29 is 23.5 Å². The predicted octanol–water partition coefficient (Wildman–Crippen LogP) is 2.50. The third-order valence-corrected chi connectivity index (χ3v) is 2.56. The summed E-state index contributed by atoms with van der Waals surface area (Å²) in [5.74, 6) is -4.66. The summed E-state index contributed by atoms with van der Waals surface area (Å²) in [5.41, 5.74) is 0.371. The average molecular weight is 283 g/mol. The number of nitrogens with one attached hydrogen (secondary N) is 1. The monoisotopic (exact) mass is 283 g/mol. The molecule has 0 aliphatic carbocycles. The number of hydrogen-bond donors (Lipinski definition) is 2. The summed E-state index contributed by atoms with van der Waals surface area (Å²) in [4.78, 5) is 22.8. The van der Waals surface area contributed by atoms with Crippen LogP contribution < -0.4 is 5.32 Å². The van der Waals surface area contributed by atoms with Gasteiger partial charge in [0.15, 0.2) is 11.6 Å². The van der Waals surface area contributed by atoms with Gasteiger partial charge in [-0.15, -0.1) is 0 Å². The van der Waals surface area contributed by atoms with Crippen molar-refractivity contribution in [1.29, 1.82) is 0 Å². The highest BCUT2D eigenvalue weighted by Gasteiger charge is 2.22. The number of rotatable bonds is 5. The maximum atomic E-state index is 13.4. The minimum Gasteiger partial charge on any atom is -0.480 e. The van der Waals surface area contributed by atoms with Crippen LogP contribution in [0.3, 0.4) is 0 Å². The number of carboxylic acid groups (broad SMARTS) is 1. The highest BCUT2D eigenvalue weighted by atomic mass is 19.2. The zero-order valence-electron chi connectivity index (χ0n) is 11.1. The third-order valence-electron chi connectivity index (χ3n) is 2.56. The van der Waals surface area contributed by atoms with Crippen LogP contribution in [-0.4, -0.2) is 23.0 Å². The predicted molar refractivity (Wildman–Crippen MR) is 69.3 cm³/mol. The minimum absolute atomic E-state index is 0.0698. The summed E-state index contributed by atoms with van der Waals surface area (Å²) in [5, 5.41) is 11.2. The summed E-state index contributed by atoms with van der Waals surface area (Å²) < 4.78 is 26.4. The SMILES string of the molecule is CC(C)=CC[C@@H](NC(=O)c1cccc(F)c1F)C(=O)O. The number of benzene rings is 1. The molecule has 0 heterocycles. The first-order valence-electron chi connectivity index (χ1n) is 5.94. The lowest BCUT2D eigenvalue weighted by Gasteiger charge is -2.13. The largest absolute Gasteiger partial charge is 0.480 e. The van der Waals surface area contributed by atoms with Gasteiger partial charge in [-0.2, -0.15) is 0 Å². The van der Waals surface area contributed by atoms with E-state index in [1.165, 1.54) is 6.07 Å². The molecule has 20 heavy (non-hydrogen) atoms. The maximum absolute atomic E-state index is 13.4. The summed E-state index contributed by atoms with van der Waals surface area (Å²) in [7, 11) is 0. The molecule has 1 aromatic carbocycles. The van der Waals surface area contributed by atoms with Crippen LogP contribution in [0.15, 0.2) is 29.8 Å². The maximum Gasteiger partial charge on any atom is 0.326 e. The Morgan fingerprint density at radius 2 is 2.00 bits per heavy atom. The molecule has 0 fully saturated rings. The molecule has 0 bridgehead atoms. The first kappa shape index (κ1) is 15.8. The Labute approximate surface area is 115 Å². The highest BCUT2D eigenvalue weighted by molar-refractivity contribution is 5.96. The van der Waals surface area contributed by atoms with E-state index in [-0.39, 0.29) is 6.42 Å². The Bertz CT molecular complexity index is 551. The van der Waals surface area contributed by atoms with Crippen LogP contribution in [0.2, 0.25) is 0 Å². The number of allylic oxidation sites excluding steroid dienone is 1. The topological polar surface area (TPSA) is 66.4 Å². The second-order valence-electron chi connectivity index (χ2n) is 4.48. The Balaban J connectivity index is 2.88. The van der Waals surface area contributed by atoms with Gasteiger partial charge in [-0.1, -0.05) is 17.7 Å². The van der Waals surface area contributed by atoms with Crippen molar-refractivity contribution in [3.63, 3.8) is 0 Å². The smallest absolute Gasteiger partial charge is 0.326 e. The number of amides is 1. The number of aliphatic carboxylic acids is 1. The van der Waals surface area contributed by atoms with Crippen LogP contribution in [0.1, 0.15) is 30.6 Å². The lowest BCUT2D eigenvalue weighted by atomic mass is 10.1. The average Bonchev–Trinajstić information content (AvgIpc) is 2.36. The molecule has 0 aromatic heterocycles. The molecule has 0 spiro atoms. The molecule has 0 aliphatic rings. The number of carbonyl (C=O) groups excluding carboxylic acids is 1. The van der Waals surface area contributed by atoms with Gasteiger partial charge in [-0.3, -0.25) is 4.79 Å². The molecule has 108 valence electrons. The van der Waals surface area contributed by atoms with Gasteiger partial charge in [0.05, 0.1) is 5.56 Å². The molecular formula is C14H15F2NO3. The Morgan fingerprint density at radius 1 is 1.35 bits per heavy atom. The van der Waals surface area contributed by atoms with Crippen molar-refractivity contribution in [2.45, 2.75) is 26.3 Å². The third kappa shape index (κ3) is 4.15. The van der Waals surface area contributed by atoms with Crippen molar-refractivity contribution >= 4 is 11.9 Å². The van der Waals surface area contributed by atoms with Gasteiger partial charge in [0.2, 0.25) is 0 Å². The molecular weight excluding hydrogens is 268 g/mol. The Morgan fingerprint density at radius 3 is 2.55 bits per heavy atom. The first-order valence-corrected chi connectivity index (χ1v) is 5.94. The van der Waals surface area contributed by atoms with Crippen molar-refractivity contribution in [2.75, 3.05) is 0 Å². The number of carbonyl (C=O) groups is 2. The van der Waals surface area contributed by atoms with Gasteiger partial charge >= 0.3 is 5.97 Å². The van der Waals surface area contributed by atoms with E-state index in [1.807, 2.05) is 0 Å². The van der Waals surface area contributed by atoms with Gasteiger partial charge in [-0.25, -0.2) is 13.6 Å². The molecule has 1 atom stereocenters. The van der Waals surface area contributed by atoms with Crippen LogP contribution >= 0.6 is 0 Å². The molecule has 0 saturated heterocycles. The molecule has 1 rings (SSSR count). The Kier molecular flexibility index (Phi) is 5.37. The molecule has 0 radical (unpaired) electrons. The van der Waals surface area contributed by atoms with Gasteiger partial charge in [0.25, 0.3) is 5.91 Å². The number of halogens is 2. The van der Waals surface area contributed by atoms with Gasteiger partial charge in [0.1, 0.15) is 6.04 Å². The number of hydrogen-bond acceptors (Lipinski definition) is 2. The Hall–Kier alpha value is -2.24. The van der Waals surface area contributed by atoms with Crippen molar-refractivity contribution in [3.05, 3.63) is 47.0 Å². The van der Waals surface area contributed by atoms with Gasteiger partial charge in [-0.05, 0) is 32.4 Å².